The fourth-order valence-electron chi connectivity index (χ4n) is 4.17. The molecule has 0 saturated carbocycles. The lowest BCUT2D eigenvalue weighted by Crippen LogP contribution is -2.34. The van der Waals surface area contributed by atoms with Crippen LogP contribution in [0.3, 0.4) is 0 Å². The first-order valence-corrected chi connectivity index (χ1v) is 11.0. The summed E-state index contributed by atoms with van der Waals surface area (Å²) in [6.07, 6.45) is -1.69. The number of aromatic nitrogens is 3. The predicted octanol–water partition coefficient (Wildman–Crippen LogP) is 3.39. The quantitative estimate of drug-likeness (QED) is 0.394. The Morgan fingerprint density at radius 1 is 1.09 bits per heavy atom. The zero-order valence-electron chi connectivity index (χ0n) is 17.4. The van der Waals surface area contributed by atoms with Crippen LogP contribution in [-0.4, -0.2) is 57.7 Å². The summed E-state index contributed by atoms with van der Waals surface area (Å²) < 4.78 is 23.0. The van der Waals surface area contributed by atoms with Gasteiger partial charge in [-0.2, -0.15) is 4.98 Å². The first-order chi connectivity index (χ1) is 16.1. The van der Waals surface area contributed by atoms with Crippen molar-refractivity contribution in [1.82, 2.24) is 15.0 Å². The molecule has 5 heterocycles. The molecule has 0 spiro atoms. The minimum Gasteiger partial charge on any atom is -0.459 e. The van der Waals surface area contributed by atoms with E-state index in [4.69, 9.17) is 30.2 Å². The molecule has 0 unspecified atom stereocenters. The molecule has 10 heteroatoms. The van der Waals surface area contributed by atoms with Gasteiger partial charge < -0.3 is 34.0 Å². The molecule has 0 amide bonds. The van der Waals surface area contributed by atoms with Gasteiger partial charge in [0.1, 0.15) is 35.7 Å². The molecule has 4 aromatic rings. The number of aliphatic hydroxyl groups is 1. The summed E-state index contributed by atoms with van der Waals surface area (Å²) in [4.78, 5) is 12.0. The molecular weight excluding hydrogens is 448 g/mol. The lowest BCUT2D eigenvalue weighted by atomic mass is 10.1. The molecule has 2 aliphatic rings. The summed E-state index contributed by atoms with van der Waals surface area (Å²) in [7, 11) is 0. The zero-order valence-corrected chi connectivity index (χ0v) is 18.2. The van der Waals surface area contributed by atoms with Gasteiger partial charge in [0, 0.05) is 5.56 Å². The molecule has 0 bridgehead atoms. The molecule has 0 radical (unpaired) electrons. The number of nitrogens with one attached hydrogen (secondary N) is 2. The largest absolute Gasteiger partial charge is 0.459 e. The summed E-state index contributed by atoms with van der Waals surface area (Å²) in [5.41, 5.74) is 2.12. The Kier molecular flexibility index (Phi) is 5.18. The van der Waals surface area contributed by atoms with E-state index in [1.165, 1.54) is 0 Å². The van der Waals surface area contributed by atoms with Crippen LogP contribution in [0, 0.1) is 0 Å². The van der Waals surface area contributed by atoms with Crippen molar-refractivity contribution in [3.05, 3.63) is 59.3 Å². The molecule has 4 atom stereocenters. The van der Waals surface area contributed by atoms with E-state index in [1.54, 1.807) is 6.07 Å². The molecule has 3 N–H and O–H groups in total. The number of rotatable bonds is 6. The fourth-order valence-corrected chi connectivity index (χ4v) is 4.38. The zero-order chi connectivity index (χ0) is 22.4. The average Bonchev–Trinajstić information content (AvgIpc) is 3.60. The molecule has 6 rings (SSSR count). The second-order valence-electron chi connectivity index (χ2n) is 8.04. The predicted molar refractivity (Wildman–Crippen MR) is 120 cm³/mol. The Morgan fingerprint density at radius 3 is 2.82 bits per heavy atom. The number of benzene rings is 1. The van der Waals surface area contributed by atoms with Crippen LogP contribution in [-0.2, 0) is 16.0 Å². The molecule has 3 aromatic heterocycles. The fraction of sp³-hybridized carbons (Fsp3) is 0.304. The van der Waals surface area contributed by atoms with Crippen LogP contribution in [0.25, 0.3) is 22.5 Å². The van der Waals surface area contributed by atoms with Crippen LogP contribution >= 0.6 is 11.6 Å². The van der Waals surface area contributed by atoms with Crippen LogP contribution in [0.15, 0.2) is 52.9 Å². The highest BCUT2D eigenvalue weighted by molar-refractivity contribution is 6.33. The minimum absolute atomic E-state index is 0.240. The number of pyridine rings is 1. The molecular formula is C23H21ClN4O5. The van der Waals surface area contributed by atoms with E-state index in [9.17, 15) is 5.11 Å². The van der Waals surface area contributed by atoms with Crippen molar-refractivity contribution in [1.29, 1.82) is 0 Å². The Labute approximate surface area is 193 Å². The molecule has 0 aliphatic carbocycles. The first-order valence-electron chi connectivity index (χ1n) is 10.7. The van der Waals surface area contributed by atoms with Crippen molar-refractivity contribution in [2.75, 3.05) is 18.5 Å². The number of hydrogen-bond donors (Lipinski definition) is 3. The standard InChI is InChI=1S/C23H21ClN4O5/c24-14-8-15-22(28-23(26-15)33-18-11-31-19-16(29)10-30-20(18)19)27-21(14)25-9-13-6-7-17(32-13)12-4-2-1-3-5-12/h1-8,16,18-20,29H,9-11H2,(H2,25,26,27,28)/t16-,18-,19-,20-/m1/s1. The topological polar surface area (TPSA) is 115 Å². The third-order valence-corrected chi connectivity index (χ3v) is 6.09. The smallest absolute Gasteiger partial charge is 0.296 e. The summed E-state index contributed by atoms with van der Waals surface area (Å²) in [5.74, 6) is 2.05. The molecule has 2 aliphatic heterocycles. The lowest BCUT2D eigenvalue weighted by Gasteiger charge is -2.15. The number of halogens is 1. The number of fused-ring (bicyclic) bond motifs is 2. The molecule has 1 aromatic carbocycles. The maximum absolute atomic E-state index is 9.88. The van der Waals surface area contributed by atoms with E-state index < -0.39 is 6.10 Å². The van der Waals surface area contributed by atoms with E-state index in [-0.39, 0.29) is 24.9 Å². The maximum atomic E-state index is 9.88. The third-order valence-electron chi connectivity index (χ3n) is 5.80. The molecule has 170 valence electrons. The molecule has 2 fully saturated rings. The maximum Gasteiger partial charge on any atom is 0.296 e. The second kappa shape index (κ2) is 8.35. The monoisotopic (exact) mass is 468 g/mol. The van der Waals surface area contributed by atoms with Crippen molar-refractivity contribution >= 4 is 28.6 Å². The Hall–Kier alpha value is -3.11. The number of hydrogen-bond acceptors (Lipinski definition) is 8. The van der Waals surface area contributed by atoms with E-state index in [0.29, 0.717) is 41.2 Å². The summed E-state index contributed by atoms with van der Waals surface area (Å²) in [6, 6.07) is 15.8. The Morgan fingerprint density at radius 2 is 1.94 bits per heavy atom. The summed E-state index contributed by atoms with van der Waals surface area (Å²) in [6.45, 7) is 0.976. The van der Waals surface area contributed by atoms with Crippen LogP contribution in [0.4, 0.5) is 5.82 Å². The van der Waals surface area contributed by atoms with Gasteiger partial charge in [0.25, 0.3) is 6.01 Å². The highest BCUT2D eigenvalue weighted by Crippen LogP contribution is 2.31. The number of H-pyrrole nitrogens is 1. The minimum atomic E-state index is -0.633. The van der Waals surface area contributed by atoms with Crippen LogP contribution in [0.1, 0.15) is 5.76 Å². The SMILES string of the molecule is O[C@@H]1CO[C@H]2[C@@H]1OC[C@H]2Oc1nc2nc(NCc3ccc(-c4ccccc4)o3)c(Cl)cc2[nH]1. The molecule has 33 heavy (non-hydrogen) atoms. The Balaban J connectivity index is 1.15. The van der Waals surface area contributed by atoms with E-state index >= 15 is 0 Å². The number of anilines is 1. The number of nitrogens with zero attached hydrogens (tertiary/aromatic N) is 2. The number of imidazole rings is 1. The van der Waals surface area contributed by atoms with E-state index in [2.05, 4.69) is 20.3 Å². The Bertz CT molecular complexity index is 1280. The molecule has 9 nitrogen and oxygen atoms in total. The van der Waals surface area contributed by atoms with E-state index in [1.807, 2.05) is 42.5 Å². The number of ether oxygens (including phenoxy) is 3. The van der Waals surface area contributed by atoms with Crippen molar-refractivity contribution in [3.8, 4) is 17.3 Å². The first kappa shape index (κ1) is 20.5. The van der Waals surface area contributed by atoms with Crippen molar-refractivity contribution in [3.63, 3.8) is 0 Å². The van der Waals surface area contributed by atoms with Gasteiger partial charge in [0.05, 0.1) is 30.3 Å². The number of aromatic amines is 1. The van der Waals surface area contributed by atoms with Gasteiger partial charge in [0.2, 0.25) is 0 Å². The number of furan rings is 1. The van der Waals surface area contributed by atoms with Gasteiger partial charge in [0.15, 0.2) is 11.8 Å². The summed E-state index contributed by atoms with van der Waals surface area (Å²) >= 11 is 6.43. The van der Waals surface area contributed by atoms with Crippen molar-refractivity contribution < 1.29 is 23.7 Å². The third kappa shape index (κ3) is 3.93. The average molecular weight is 469 g/mol. The van der Waals surface area contributed by atoms with Crippen LogP contribution in [0.5, 0.6) is 6.01 Å². The van der Waals surface area contributed by atoms with Crippen LogP contribution in [0.2, 0.25) is 5.02 Å². The van der Waals surface area contributed by atoms with Gasteiger partial charge in [-0.05, 0) is 18.2 Å². The lowest BCUT2D eigenvalue weighted by molar-refractivity contribution is 0.00706. The van der Waals surface area contributed by atoms with Gasteiger partial charge in [-0.15, -0.1) is 0 Å². The van der Waals surface area contributed by atoms with Crippen molar-refractivity contribution in [2.24, 2.45) is 0 Å². The second-order valence-corrected chi connectivity index (χ2v) is 8.44. The number of aliphatic hydroxyl groups excluding tert-OH is 1. The van der Waals surface area contributed by atoms with Gasteiger partial charge in [-0.25, -0.2) is 4.98 Å². The van der Waals surface area contributed by atoms with Crippen molar-refractivity contribution in [2.45, 2.75) is 31.0 Å². The highest BCUT2D eigenvalue weighted by atomic mass is 35.5. The normalized spacial score (nSPS) is 24.3. The van der Waals surface area contributed by atoms with Crippen LogP contribution < -0.4 is 10.1 Å². The van der Waals surface area contributed by atoms with Gasteiger partial charge >= 0.3 is 0 Å². The van der Waals surface area contributed by atoms with E-state index in [0.717, 1.165) is 17.1 Å². The summed E-state index contributed by atoms with van der Waals surface area (Å²) in [5, 5.41) is 13.5. The van der Waals surface area contributed by atoms with Gasteiger partial charge in [-0.3, -0.25) is 0 Å². The van der Waals surface area contributed by atoms with Gasteiger partial charge in [-0.1, -0.05) is 41.9 Å². The molecule has 2 saturated heterocycles. The highest BCUT2D eigenvalue weighted by Gasteiger charge is 2.48.